The van der Waals surface area contributed by atoms with Crippen LogP contribution in [0.15, 0.2) is 36.2 Å². The third-order valence-corrected chi connectivity index (χ3v) is 3.19. The number of rotatable bonds is 5. The molecule has 0 radical (unpaired) electrons. The van der Waals surface area contributed by atoms with Crippen molar-refractivity contribution in [2.75, 3.05) is 0 Å². The summed E-state index contributed by atoms with van der Waals surface area (Å²) in [5.41, 5.74) is 0.511. The number of hydrogen-bond donors (Lipinski definition) is 1. The summed E-state index contributed by atoms with van der Waals surface area (Å²) in [6.07, 6.45) is 0.189. The molecule has 2 rings (SSSR count). The van der Waals surface area contributed by atoms with Crippen LogP contribution in [0.25, 0.3) is 4.98 Å². The van der Waals surface area contributed by atoms with Crippen molar-refractivity contribution in [2.24, 2.45) is 5.92 Å². The molecular weight excluding hydrogens is 286 g/mol. The highest BCUT2D eigenvalue weighted by Gasteiger charge is 2.39. The van der Waals surface area contributed by atoms with Crippen molar-refractivity contribution in [1.82, 2.24) is 5.06 Å². The van der Waals surface area contributed by atoms with E-state index in [0.717, 1.165) is 6.20 Å². The number of fused-ring (bicyclic) bond motifs is 1. The van der Waals surface area contributed by atoms with E-state index in [1.165, 1.54) is 12.1 Å². The zero-order valence-electron chi connectivity index (χ0n) is 12.3. The second-order valence-electron chi connectivity index (χ2n) is 5.34. The van der Waals surface area contributed by atoms with Gasteiger partial charge in [0.1, 0.15) is 0 Å². The van der Waals surface area contributed by atoms with Gasteiger partial charge in [0.2, 0.25) is 11.2 Å². The Hall–Kier alpha value is -2.72. The van der Waals surface area contributed by atoms with Gasteiger partial charge < -0.3 is 5.11 Å². The summed E-state index contributed by atoms with van der Waals surface area (Å²) in [6, 6.07) is 6.38. The Morgan fingerprint density at radius 1 is 1.32 bits per heavy atom. The molecule has 0 bridgehead atoms. The van der Waals surface area contributed by atoms with Crippen molar-refractivity contribution in [3.63, 3.8) is 0 Å². The molecule has 1 aliphatic heterocycles. The van der Waals surface area contributed by atoms with Gasteiger partial charge in [0.15, 0.2) is 11.1 Å². The van der Waals surface area contributed by atoms with Crippen molar-refractivity contribution >= 4 is 11.8 Å². The molecule has 1 atom stereocenters. The Morgan fingerprint density at radius 3 is 2.32 bits per heavy atom. The minimum absolute atomic E-state index is 0.120. The molecule has 7 heteroatoms. The summed E-state index contributed by atoms with van der Waals surface area (Å²) in [7, 11) is 0. The highest BCUT2D eigenvalue weighted by molar-refractivity contribution is 6.20. The molecule has 0 aliphatic carbocycles. The maximum Gasteiger partial charge on any atom is 0.390 e. The first kappa shape index (κ1) is 15.7. The monoisotopic (exact) mass is 302 g/mol. The quantitative estimate of drug-likeness (QED) is 0.512. The molecule has 1 aromatic rings. The predicted molar refractivity (Wildman–Crippen MR) is 77.1 cm³/mol. The lowest BCUT2D eigenvalue weighted by Crippen LogP contribution is -2.36. The fourth-order valence-electron chi connectivity index (χ4n) is 2.18. The molecule has 0 saturated carbocycles. The van der Waals surface area contributed by atoms with E-state index in [9.17, 15) is 14.7 Å². The van der Waals surface area contributed by atoms with Crippen LogP contribution in [0.2, 0.25) is 0 Å². The highest BCUT2D eigenvalue weighted by Crippen LogP contribution is 2.26. The smallest absolute Gasteiger partial charge is 0.390 e. The molecule has 0 unspecified atom stereocenters. The number of carbonyl (C=O) groups is 2. The number of aliphatic hydroxyl groups excluding tert-OH is 1. The van der Waals surface area contributed by atoms with Crippen LogP contribution in [-0.4, -0.2) is 28.1 Å². The fourth-order valence-corrected chi connectivity index (χ4v) is 2.18. The van der Waals surface area contributed by atoms with Crippen LogP contribution in [0.1, 0.15) is 41.0 Å². The fraction of sp³-hybridized carbons (Fsp3) is 0.333. The largest absolute Gasteiger partial charge is 0.503 e. The highest BCUT2D eigenvalue weighted by atomic mass is 16.7. The minimum atomic E-state index is -0.960. The Bertz CT molecular complexity index is 641. The average Bonchev–Trinajstić information content (AvgIpc) is 2.72. The molecule has 1 aromatic carbocycles. The van der Waals surface area contributed by atoms with Crippen LogP contribution in [0.5, 0.6) is 0 Å². The van der Waals surface area contributed by atoms with Gasteiger partial charge in [-0.1, -0.05) is 26.0 Å². The number of amides is 2. The number of hydroxylamine groups is 2. The van der Waals surface area contributed by atoms with Crippen LogP contribution >= 0.6 is 0 Å². The van der Waals surface area contributed by atoms with E-state index >= 15 is 0 Å². The first-order valence-electron chi connectivity index (χ1n) is 6.83. The van der Waals surface area contributed by atoms with Crippen molar-refractivity contribution in [3.05, 3.63) is 52.3 Å². The molecule has 1 heterocycles. The Kier molecular flexibility index (Phi) is 4.53. The second-order valence-corrected chi connectivity index (χ2v) is 5.34. The van der Waals surface area contributed by atoms with Gasteiger partial charge in [0.05, 0.1) is 11.1 Å². The summed E-state index contributed by atoms with van der Waals surface area (Å²) in [4.78, 5) is 32.6. The van der Waals surface area contributed by atoms with Gasteiger partial charge in [0.25, 0.3) is 11.8 Å². The molecule has 114 valence electrons. The number of nitrogens with zero attached hydrogens (tertiary/aromatic N) is 3. The van der Waals surface area contributed by atoms with Gasteiger partial charge in [-0.25, -0.2) is 0 Å². The van der Waals surface area contributed by atoms with Crippen molar-refractivity contribution in [2.45, 2.75) is 26.4 Å². The molecule has 0 fully saturated rings. The van der Waals surface area contributed by atoms with E-state index in [-0.39, 0.29) is 22.8 Å². The van der Waals surface area contributed by atoms with E-state index in [0.29, 0.717) is 11.5 Å². The van der Waals surface area contributed by atoms with E-state index in [4.69, 9.17) is 10.2 Å². The SMILES string of the molecule is CC(C)C[C@@H](ON1C(=O)c2ccccc2C1=O)/C(O)=C/[N+]#N. The lowest BCUT2D eigenvalue weighted by molar-refractivity contribution is -0.133. The van der Waals surface area contributed by atoms with Gasteiger partial charge in [-0.3, -0.25) is 14.4 Å². The number of imide groups is 1. The lowest BCUT2D eigenvalue weighted by atomic mass is 10.1. The standard InChI is InChI=1S/C15H15N3O4/c1-9(2)7-13(12(19)8-17-16)22-18-14(20)10-5-3-4-6-11(10)15(18)21/h3-6,8-9,13H,7H2,1-2H3/p+1/b12-8-/t13-/m1/s1. The van der Waals surface area contributed by atoms with Gasteiger partial charge >= 0.3 is 6.20 Å². The zero-order chi connectivity index (χ0) is 16.3. The van der Waals surface area contributed by atoms with Gasteiger partial charge in [-0.15, -0.1) is 5.06 Å². The number of benzene rings is 1. The molecule has 2 amide bonds. The molecule has 7 nitrogen and oxygen atoms in total. The summed E-state index contributed by atoms with van der Waals surface area (Å²) >= 11 is 0. The maximum absolute atomic E-state index is 12.2. The third kappa shape index (κ3) is 2.97. The van der Waals surface area contributed by atoms with Crippen LogP contribution < -0.4 is 0 Å². The Balaban J connectivity index is 2.25. The summed E-state index contributed by atoms with van der Waals surface area (Å²) < 4.78 is 0. The first-order valence-corrected chi connectivity index (χ1v) is 6.83. The zero-order valence-corrected chi connectivity index (χ0v) is 12.3. The Morgan fingerprint density at radius 2 is 1.86 bits per heavy atom. The molecule has 0 aromatic heterocycles. The van der Waals surface area contributed by atoms with Crippen LogP contribution in [0.4, 0.5) is 0 Å². The summed E-state index contributed by atoms with van der Waals surface area (Å²) in [6.45, 7) is 3.78. The van der Waals surface area contributed by atoms with E-state index < -0.39 is 17.9 Å². The van der Waals surface area contributed by atoms with Crippen molar-refractivity contribution < 1.29 is 19.5 Å². The second kappa shape index (κ2) is 6.37. The maximum atomic E-state index is 12.2. The third-order valence-electron chi connectivity index (χ3n) is 3.19. The molecule has 1 aliphatic rings. The van der Waals surface area contributed by atoms with Gasteiger partial charge in [0, 0.05) is 0 Å². The number of aliphatic hydroxyl groups is 1. The molecule has 0 saturated heterocycles. The summed E-state index contributed by atoms with van der Waals surface area (Å²) in [5, 5.41) is 19.0. The average molecular weight is 302 g/mol. The summed E-state index contributed by atoms with van der Waals surface area (Å²) in [5.74, 6) is -1.41. The lowest BCUT2D eigenvalue weighted by Gasteiger charge is -2.21. The minimum Gasteiger partial charge on any atom is -0.503 e. The molecule has 1 N–H and O–H groups in total. The number of diazo groups is 1. The molecular formula is C15H16N3O4+. The first-order chi connectivity index (χ1) is 10.5. The normalized spacial score (nSPS) is 15.9. The van der Waals surface area contributed by atoms with Crippen LogP contribution in [-0.2, 0) is 4.84 Å². The number of carbonyl (C=O) groups excluding carboxylic acids is 2. The molecule has 22 heavy (non-hydrogen) atoms. The molecule has 0 spiro atoms. The van der Waals surface area contributed by atoms with Gasteiger partial charge in [-0.2, -0.15) is 0 Å². The predicted octanol–water partition coefficient (Wildman–Crippen LogP) is 2.88. The van der Waals surface area contributed by atoms with E-state index in [2.05, 4.69) is 4.98 Å². The van der Waals surface area contributed by atoms with Crippen molar-refractivity contribution in [1.29, 1.82) is 5.39 Å². The van der Waals surface area contributed by atoms with Crippen molar-refractivity contribution in [3.8, 4) is 0 Å². The van der Waals surface area contributed by atoms with Gasteiger partial charge in [-0.05, 0) is 24.5 Å². The number of hydrogen-bond acceptors (Lipinski definition) is 5. The van der Waals surface area contributed by atoms with Crippen LogP contribution in [0.3, 0.4) is 0 Å². The Labute approximate surface area is 127 Å². The van der Waals surface area contributed by atoms with Crippen LogP contribution in [0, 0.1) is 11.3 Å². The van der Waals surface area contributed by atoms with E-state index in [1.807, 2.05) is 13.8 Å². The van der Waals surface area contributed by atoms with E-state index in [1.54, 1.807) is 12.1 Å². The topological polar surface area (TPSA) is 95.0 Å².